The van der Waals surface area contributed by atoms with Gasteiger partial charge < -0.3 is 20.4 Å². The molecule has 0 saturated carbocycles. The number of guanidine groups is 2. The van der Waals surface area contributed by atoms with Gasteiger partial charge in [-0.1, -0.05) is 35.9 Å². The lowest BCUT2D eigenvalue weighted by Crippen LogP contribution is -2.54. The number of aliphatic imine (C=N–C) groups is 2. The molecule has 1 heterocycles. The van der Waals surface area contributed by atoms with Crippen LogP contribution in [-0.4, -0.2) is 44.7 Å². The van der Waals surface area contributed by atoms with E-state index in [2.05, 4.69) is 9.98 Å². The van der Waals surface area contributed by atoms with Crippen LogP contribution in [0.4, 0.5) is 5.69 Å². The lowest BCUT2D eigenvalue weighted by atomic mass is 10.1. The second-order valence-electron chi connectivity index (χ2n) is 9.33. The molecule has 0 amide bonds. The van der Waals surface area contributed by atoms with Gasteiger partial charge in [0.1, 0.15) is 29.0 Å². The number of benzene rings is 3. The molecular weight excluding hydrogens is 620 g/mol. The number of hydrogen-bond acceptors (Lipinski definition) is 12. The molecule has 13 nitrogen and oxygen atoms in total. The van der Waals surface area contributed by atoms with E-state index in [-0.39, 0.29) is 40.5 Å². The number of ether oxygens (including phenoxy) is 1. The van der Waals surface area contributed by atoms with E-state index in [1.165, 1.54) is 31.2 Å². The van der Waals surface area contributed by atoms with Gasteiger partial charge in [-0.25, -0.2) is 4.99 Å². The highest BCUT2D eigenvalue weighted by Crippen LogP contribution is 2.34. The molecule has 0 aliphatic carbocycles. The topological polar surface area (TPSA) is 211 Å². The standard InChI is InChI=1S/C25H23ClN6O4S.C2H6O3S/c1-25(2)31-23(28)30-24(29)32(25)18-9-12-22(20(26)13-18)35-15-16-7-10-19(11-8-16)37(33,34)36-21-6-4-3-5-17(21)14-27;1-2-6(3,4)5/h3-13H,15H2,1-2H3,(H4,28,29,30,31);2H2,1H3,(H,3,4,5). The fourth-order valence-corrected chi connectivity index (χ4v) is 4.89. The molecule has 0 radical (unpaired) electrons. The van der Waals surface area contributed by atoms with E-state index >= 15 is 0 Å². The van der Waals surface area contributed by atoms with E-state index in [9.17, 15) is 16.8 Å². The number of nitrogens with two attached hydrogens (primary N) is 2. The highest BCUT2D eigenvalue weighted by molar-refractivity contribution is 7.87. The highest BCUT2D eigenvalue weighted by atomic mass is 35.5. The predicted molar refractivity (Wildman–Crippen MR) is 163 cm³/mol. The Morgan fingerprint density at radius 1 is 1.02 bits per heavy atom. The van der Waals surface area contributed by atoms with Crippen LogP contribution in [0.3, 0.4) is 0 Å². The van der Waals surface area contributed by atoms with Gasteiger partial charge >= 0.3 is 10.1 Å². The normalized spacial score (nSPS) is 14.4. The van der Waals surface area contributed by atoms with Crippen molar-refractivity contribution in [3.05, 3.63) is 82.9 Å². The lowest BCUT2D eigenvalue weighted by molar-refractivity contribution is 0.306. The van der Waals surface area contributed by atoms with Crippen LogP contribution < -0.4 is 25.3 Å². The fraction of sp³-hybridized carbons (Fsp3) is 0.222. The van der Waals surface area contributed by atoms with Crippen LogP contribution in [0.5, 0.6) is 11.5 Å². The van der Waals surface area contributed by atoms with E-state index in [0.717, 1.165) is 0 Å². The Bertz CT molecular complexity index is 1800. The number of para-hydroxylation sites is 1. The number of nitrogens with zero attached hydrogens (tertiary/aromatic N) is 4. The predicted octanol–water partition coefficient (Wildman–Crippen LogP) is 3.64. The zero-order valence-electron chi connectivity index (χ0n) is 23.3. The first-order chi connectivity index (χ1) is 20.1. The number of anilines is 1. The Kier molecular flexibility index (Phi) is 10.3. The van der Waals surface area contributed by atoms with Gasteiger partial charge in [0.05, 0.1) is 16.3 Å². The fourth-order valence-electron chi connectivity index (χ4n) is 3.71. The molecule has 5 N–H and O–H groups in total. The zero-order chi connectivity index (χ0) is 32.0. The van der Waals surface area contributed by atoms with Gasteiger partial charge in [0.15, 0.2) is 5.75 Å². The summed E-state index contributed by atoms with van der Waals surface area (Å²) in [6, 6.07) is 19.2. The van der Waals surface area contributed by atoms with Crippen molar-refractivity contribution in [3.63, 3.8) is 0 Å². The second kappa shape index (κ2) is 13.3. The number of hydrogen-bond donors (Lipinski definition) is 3. The zero-order valence-corrected chi connectivity index (χ0v) is 25.7. The van der Waals surface area contributed by atoms with Gasteiger partial charge in [-0.15, -0.1) is 0 Å². The van der Waals surface area contributed by atoms with Crippen LogP contribution in [0, 0.1) is 11.3 Å². The van der Waals surface area contributed by atoms with Gasteiger partial charge in [0.25, 0.3) is 10.1 Å². The molecule has 3 aromatic rings. The molecule has 1 aliphatic heterocycles. The number of halogens is 1. The molecule has 0 bridgehead atoms. The Balaban J connectivity index is 0.000000765. The summed E-state index contributed by atoms with van der Waals surface area (Å²) in [6.45, 7) is 5.19. The Morgan fingerprint density at radius 3 is 2.21 bits per heavy atom. The van der Waals surface area contributed by atoms with E-state index < -0.39 is 25.9 Å². The summed E-state index contributed by atoms with van der Waals surface area (Å²) in [5, 5.41) is 9.49. The highest BCUT2D eigenvalue weighted by Gasteiger charge is 2.33. The molecule has 16 heteroatoms. The number of rotatable bonds is 8. The minimum Gasteiger partial charge on any atom is -0.487 e. The van der Waals surface area contributed by atoms with Gasteiger partial charge in [-0.05, 0) is 68.8 Å². The maximum atomic E-state index is 12.6. The molecule has 0 unspecified atom stereocenters. The summed E-state index contributed by atoms with van der Waals surface area (Å²) >= 11 is 6.46. The monoisotopic (exact) mass is 648 g/mol. The minimum atomic E-state index is -4.12. The smallest absolute Gasteiger partial charge is 0.339 e. The Morgan fingerprint density at radius 2 is 1.65 bits per heavy atom. The SMILES string of the molecule is CC1(C)N=C(N)N=C(N)N1c1ccc(OCc2ccc(S(=O)(=O)Oc3ccccc3C#N)cc2)c(Cl)c1.CCS(=O)(=O)O. The van der Waals surface area contributed by atoms with Gasteiger partial charge in [-0.3, -0.25) is 9.45 Å². The van der Waals surface area contributed by atoms with Crippen LogP contribution in [0.1, 0.15) is 31.9 Å². The molecule has 3 aromatic carbocycles. The lowest BCUT2D eigenvalue weighted by Gasteiger charge is -2.38. The first-order valence-corrected chi connectivity index (χ1v) is 15.9. The molecule has 0 atom stereocenters. The van der Waals surface area contributed by atoms with Crippen molar-refractivity contribution in [3.8, 4) is 17.6 Å². The summed E-state index contributed by atoms with van der Waals surface area (Å²) < 4.78 is 63.2. The maximum absolute atomic E-state index is 12.6. The summed E-state index contributed by atoms with van der Waals surface area (Å²) in [5.74, 6) is 0.477. The molecule has 1 aliphatic rings. The molecule has 4 rings (SSSR count). The first-order valence-electron chi connectivity index (χ1n) is 12.5. The molecule has 0 fully saturated rings. The molecular formula is C27H29ClN6O7S2. The molecule has 0 saturated heterocycles. The van der Waals surface area contributed by atoms with Gasteiger partial charge in [0, 0.05) is 5.69 Å². The molecule has 43 heavy (non-hydrogen) atoms. The van der Waals surface area contributed by atoms with Gasteiger partial charge in [0.2, 0.25) is 11.9 Å². The molecule has 0 spiro atoms. The van der Waals surface area contributed by atoms with Crippen molar-refractivity contribution >= 4 is 49.4 Å². The maximum Gasteiger partial charge on any atom is 0.339 e. The third kappa shape index (κ3) is 8.82. The first kappa shape index (κ1) is 33.1. The van der Waals surface area contributed by atoms with Crippen LogP contribution in [0.2, 0.25) is 5.02 Å². The average molecular weight is 649 g/mol. The van der Waals surface area contributed by atoms with Gasteiger partial charge in [-0.2, -0.15) is 27.1 Å². The van der Waals surface area contributed by atoms with Crippen LogP contribution in [0.15, 0.2) is 81.6 Å². The number of nitriles is 1. The third-order valence-corrected chi connectivity index (χ3v) is 8.02. The van der Waals surface area contributed by atoms with E-state index in [0.29, 0.717) is 22.0 Å². The van der Waals surface area contributed by atoms with Crippen LogP contribution in [-0.2, 0) is 26.8 Å². The average Bonchev–Trinajstić information content (AvgIpc) is 2.92. The summed E-state index contributed by atoms with van der Waals surface area (Å²) in [4.78, 5) is 9.99. The quantitative estimate of drug-likeness (QED) is 0.237. The van der Waals surface area contributed by atoms with Crippen molar-refractivity contribution < 1.29 is 30.3 Å². The largest absolute Gasteiger partial charge is 0.487 e. The molecule has 228 valence electrons. The van der Waals surface area contributed by atoms with Crippen LogP contribution in [0.25, 0.3) is 0 Å². The molecule has 0 aromatic heterocycles. The van der Waals surface area contributed by atoms with E-state index in [1.54, 1.807) is 47.4 Å². The van der Waals surface area contributed by atoms with Crippen molar-refractivity contribution in [2.24, 2.45) is 21.5 Å². The summed E-state index contributed by atoms with van der Waals surface area (Å²) in [5.41, 5.74) is 12.5. The van der Waals surface area contributed by atoms with Crippen molar-refractivity contribution in [2.45, 2.75) is 37.9 Å². The van der Waals surface area contributed by atoms with Crippen molar-refractivity contribution in [1.82, 2.24) is 0 Å². The van der Waals surface area contributed by atoms with Crippen LogP contribution >= 0.6 is 11.6 Å². The summed E-state index contributed by atoms with van der Waals surface area (Å²) in [7, 11) is -7.79. The van der Waals surface area contributed by atoms with E-state index in [1.807, 2.05) is 19.9 Å². The Labute approximate surface area is 254 Å². The second-order valence-corrected chi connectivity index (χ2v) is 13.0. The van der Waals surface area contributed by atoms with E-state index in [4.69, 9.17) is 41.8 Å². The Hall–Kier alpha value is -4.36. The summed E-state index contributed by atoms with van der Waals surface area (Å²) in [6.07, 6.45) is 0. The van der Waals surface area contributed by atoms with Crippen molar-refractivity contribution in [2.75, 3.05) is 10.7 Å². The third-order valence-electron chi connectivity index (χ3n) is 5.75. The van der Waals surface area contributed by atoms with Crippen molar-refractivity contribution in [1.29, 1.82) is 5.26 Å². The minimum absolute atomic E-state index is 0.0354.